The van der Waals surface area contributed by atoms with Crippen molar-refractivity contribution >= 4 is 17.8 Å². The number of carboxylic acid groups (broad SMARTS) is 1. The minimum absolute atomic E-state index is 0.0329. The maximum Gasteiger partial charge on any atom is 0.326 e. The molecule has 1 atom stereocenters. The van der Waals surface area contributed by atoms with Gasteiger partial charge in [0.25, 0.3) is 5.91 Å². The summed E-state index contributed by atoms with van der Waals surface area (Å²) >= 11 is 0. The smallest absolute Gasteiger partial charge is 0.326 e. The van der Waals surface area contributed by atoms with E-state index >= 15 is 0 Å². The number of nitrogens with one attached hydrogen (secondary N) is 2. The minimum Gasteiger partial charge on any atom is -0.480 e. The first-order valence-corrected chi connectivity index (χ1v) is 7.35. The van der Waals surface area contributed by atoms with E-state index in [2.05, 4.69) is 10.6 Å². The van der Waals surface area contributed by atoms with Gasteiger partial charge in [-0.2, -0.15) is 0 Å². The first-order valence-electron chi connectivity index (χ1n) is 7.35. The Kier molecular flexibility index (Phi) is 7.18. The highest BCUT2D eigenvalue weighted by atomic mass is 19.1. The largest absolute Gasteiger partial charge is 0.480 e. The van der Waals surface area contributed by atoms with Crippen LogP contribution in [0.1, 0.15) is 37.0 Å². The molecule has 2 amide bonds. The fourth-order valence-corrected chi connectivity index (χ4v) is 1.95. The highest BCUT2D eigenvalue weighted by Crippen LogP contribution is 2.05. The fourth-order valence-electron chi connectivity index (χ4n) is 1.95. The van der Waals surface area contributed by atoms with Crippen LogP contribution in [-0.2, 0) is 9.59 Å². The Hall–Kier alpha value is -2.44. The zero-order chi connectivity index (χ0) is 17.4. The number of carboxylic acids is 1. The molecule has 6 nitrogen and oxygen atoms in total. The van der Waals surface area contributed by atoms with E-state index in [0.29, 0.717) is 6.42 Å². The van der Waals surface area contributed by atoms with Crippen LogP contribution in [0.4, 0.5) is 4.39 Å². The van der Waals surface area contributed by atoms with E-state index < -0.39 is 29.6 Å². The summed E-state index contributed by atoms with van der Waals surface area (Å²) in [6, 6.07) is 4.09. The van der Waals surface area contributed by atoms with Crippen molar-refractivity contribution in [2.45, 2.75) is 32.7 Å². The number of aliphatic carboxylic acids is 1. The van der Waals surface area contributed by atoms with Gasteiger partial charge >= 0.3 is 5.97 Å². The van der Waals surface area contributed by atoms with Crippen LogP contribution in [0.15, 0.2) is 24.3 Å². The van der Waals surface area contributed by atoms with Crippen molar-refractivity contribution in [2.24, 2.45) is 5.92 Å². The number of benzene rings is 1. The lowest BCUT2D eigenvalue weighted by Crippen LogP contribution is -2.42. The van der Waals surface area contributed by atoms with Gasteiger partial charge in [-0.15, -0.1) is 0 Å². The predicted octanol–water partition coefficient (Wildman–Crippen LogP) is 1.56. The molecule has 0 saturated heterocycles. The van der Waals surface area contributed by atoms with Gasteiger partial charge in [0.05, 0.1) is 0 Å². The molecule has 0 heterocycles. The zero-order valence-electron chi connectivity index (χ0n) is 13.1. The molecule has 0 fully saturated rings. The van der Waals surface area contributed by atoms with Gasteiger partial charge in [-0.05, 0) is 36.6 Å². The van der Waals surface area contributed by atoms with Gasteiger partial charge in [0.1, 0.15) is 11.9 Å². The van der Waals surface area contributed by atoms with Crippen LogP contribution >= 0.6 is 0 Å². The summed E-state index contributed by atoms with van der Waals surface area (Å²) < 4.78 is 12.8. The van der Waals surface area contributed by atoms with Gasteiger partial charge < -0.3 is 15.7 Å². The lowest BCUT2D eigenvalue weighted by atomic mass is 10.0. The van der Waals surface area contributed by atoms with Crippen LogP contribution in [0.25, 0.3) is 0 Å². The molecule has 126 valence electrons. The number of carbonyl (C=O) groups is 3. The highest BCUT2D eigenvalue weighted by molar-refractivity contribution is 5.94. The third-order valence-electron chi connectivity index (χ3n) is 3.08. The lowest BCUT2D eigenvalue weighted by molar-refractivity contribution is -0.142. The summed E-state index contributed by atoms with van der Waals surface area (Å²) in [5.41, 5.74) is 0.287. The van der Waals surface area contributed by atoms with E-state index in [1.54, 1.807) is 0 Å². The third-order valence-corrected chi connectivity index (χ3v) is 3.08. The van der Waals surface area contributed by atoms with Gasteiger partial charge in [0, 0.05) is 18.5 Å². The molecule has 0 spiro atoms. The van der Waals surface area contributed by atoms with E-state index in [1.165, 1.54) is 24.3 Å². The molecule has 1 aromatic rings. The second-order valence-corrected chi connectivity index (χ2v) is 5.60. The Morgan fingerprint density at radius 3 is 2.30 bits per heavy atom. The molecule has 0 unspecified atom stereocenters. The molecule has 0 aliphatic carbocycles. The van der Waals surface area contributed by atoms with Crippen LogP contribution in [0.3, 0.4) is 0 Å². The van der Waals surface area contributed by atoms with Crippen LogP contribution in [0.2, 0.25) is 0 Å². The van der Waals surface area contributed by atoms with Crippen LogP contribution in [0.5, 0.6) is 0 Å². The second kappa shape index (κ2) is 8.87. The van der Waals surface area contributed by atoms with E-state index in [9.17, 15) is 18.8 Å². The molecule has 0 aliphatic heterocycles. The maximum atomic E-state index is 12.8. The number of halogens is 1. The Morgan fingerprint density at radius 1 is 1.17 bits per heavy atom. The number of amides is 2. The first kappa shape index (κ1) is 18.6. The van der Waals surface area contributed by atoms with Gasteiger partial charge in [-0.25, -0.2) is 9.18 Å². The van der Waals surface area contributed by atoms with E-state index in [4.69, 9.17) is 5.11 Å². The topological polar surface area (TPSA) is 95.5 Å². The fraction of sp³-hybridized carbons (Fsp3) is 0.438. The van der Waals surface area contributed by atoms with Crippen molar-refractivity contribution in [3.05, 3.63) is 35.6 Å². The molecule has 23 heavy (non-hydrogen) atoms. The molecular weight excluding hydrogens is 303 g/mol. The van der Waals surface area contributed by atoms with Crippen molar-refractivity contribution in [2.75, 3.05) is 6.54 Å². The van der Waals surface area contributed by atoms with E-state index in [-0.39, 0.29) is 24.4 Å². The van der Waals surface area contributed by atoms with Crippen LogP contribution in [0, 0.1) is 11.7 Å². The molecule has 1 rings (SSSR count). The second-order valence-electron chi connectivity index (χ2n) is 5.60. The Balaban J connectivity index is 2.39. The van der Waals surface area contributed by atoms with Crippen molar-refractivity contribution < 1.29 is 23.9 Å². The predicted molar refractivity (Wildman–Crippen MR) is 82.4 cm³/mol. The SMILES string of the molecule is CC(C)C[C@@H](NC(=O)CCNC(=O)c1ccc(F)cc1)C(=O)O. The quantitative estimate of drug-likeness (QED) is 0.676. The summed E-state index contributed by atoms with van der Waals surface area (Å²) in [6.45, 7) is 3.80. The number of rotatable bonds is 8. The van der Waals surface area contributed by atoms with E-state index in [1.807, 2.05) is 13.8 Å². The summed E-state index contributed by atoms with van der Waals surface area (Å²) in [7, 11) is 0. The summed E-state index contributed by atoms with van der Waals surface area (Å²) in [4.78, 5) is 34.5. The summed E-state index contributed by atoms with van der Waals surface area (Å²) in [6.07, 6.45) is 0.303. The van der Waals surface area contributed by atoms with Gasteiger partial charge in [0.15, 0.2) is 0 Å². The average Bonchev–Trinajstić information content (AvgIpc) is 2.46. The van der Waals surface area contributed by atoms with E-state index in [0.717, 1.165) is 0 Å². The molecule has 0 bridgehead atoms. The third kappa shape index (κ3) is 6.90. The zero-order valence-corrected chi connectivity index (χ0v) is 13.1. The number of hydrogen-bond acceptors (Lipinski definition) is 3. The van der Waals surface area contributed by atoms with Gasteiger partial charge in [0.2, 0.25) is 5.91 Å². The van der Waals surface area contributed by atoms with Crippen LogP contribution < -0.4 is 10.6 Å². The maximum absolute atomic E-state index is 12.8. The van der Waals surface area contributed by atoms with Crippen molar-refractivity contribution in [1.82, 2.24) is 10.6 Å². The van der Waals surface area contributed by atoms with Gasteiger partial charge in [-0.3, -0.25) is 9.59 Å². The normalized spacial score (nSPS) is 11.8. The van der Waals surface area contributed by atoms with Crippen molar-refractivity contribution in [3.8, 4) is 0 Å². The molecular formula is C16H21FN2O4. The Labute approximate surface area is 134 Å². The molecule has 0 aliphatic rings. The van der Waals surface area contributed by atoms with Gasteiger partial charge in [-0.1, -0.05) is 13.8 Å². The standard InChI is InChI=1S/C16H21FN2O4/c1-10(2)9-13(16(22)23)19-14(20)7-8-18-15(21)11-3-5-12(17)6-4-11/h3-6,10,13H,7-9H2,1-2H3,(H,18,21)(H,19,20)(H,22,23)/t13-/m1/s1. The molecule has 0 radical (unpaired) electrons. The first-order chi connectivity index (χ1) is 10.8. The summed E-state index contributed by atoms with van der Waals surface area (Å²) in [5, 5.41) is 14.0. The van der Waals surface area contributed by atoms with Crippen molar-refractivity contribution in [3.63, 3.8) is 0 Å². The minimum atomic E-state index is -1.08. The molecule has 7 heteroatoms. The molecule has 0 aromatic heterocycles. The molecule has 3 N–H and O–H groups in total. The van der Waals surface area contributed by atoms with Crippen LogP contribution in [-0.4, -0.2) is 35.5 Å². The molecule has 1 aromatic carbocycles. The highest BCUT2D eigenvalue weighted by Gasteiger charge is 2.20. The van der Waals surface area contributed by atoms with Crippen molar-refractivity contribution in [1.29, 1.82) is 0 Å². The summed E-state index contributed by atoms with van der Waals surface area (Å²) in [5.74, 6) is -2.25. The Bertz CT molecular complexity index is 558. The average molecular weight is 324 g/mol. The molecule has 0 saturated carbocycles. The Morgan fingerprint density at radius 2 is 1.78 bits per heavy atom. The number of carbonyl (C=O) groups excluding carboxylic acids is 2. The monoisotopic (exact) mass is 324 g/mol. The number of hydrogen-bond donors (Lipinski definition) is 3. The lowest BCUT2D eigenvalue weighted by Gasteiger charge is -2.16.